The maximum Gasteiger partial charge on any atom is 0.128 e. The highest BCUT2D eigenvalue weighted by atomic mass is 19.1. The fraction of sp³-hybridized carbons (Fsp3) is 0.278. The second-order valence-electron chi connectivity index (χ2n) is 5.65. The standard InChI is InChI=1S/C18H20FN3/c1-3-15(20)18-21-16-10-12(2)8-9-17(16)22(18)11-13-6-4-5-7-14(13)19/h4-10,15H,3,11,20H2,1-2H3. The predicted octanol–water partition coefficient (Wildman–Crippen LogP) is 3.94. The molecular weight excluding hydrogens is 277 g/mol. The number of fused-ring (bicyclic) bond motifs is 1. The summed E-state index contributed by atoms with van der Waals surface area (Å²) in [6.45, 7) is 4.51. The van der Waals surface area contributed by atoms with Gasteiger partial charge in [0.2, 0.25) is 0 Å². The zero-order valence-electron chi connectivity index (χ0n) is 12.9. The number of imidazole rings is 1. The largest absolute Gasteiger partial charge is 0.322 e. The summed E-state index contributed by atoms with van der Waals surface area (Å²) in [7, 11) is 0. The van der Waals surface area contributed by atoms with Crippen molar-refractivity contribution in [3.63, 3.8) is 0 Å². The van der Waals surface area contributed by atoms with E-state index in [4.69, 9.17) is 5.73 Å². The van der Waals surface area contributed by atoms with Gasteiger partial charge in [-0.25, -0.2) is 9.37 Å². The first kappa shape index (κ1) is 14.7. The van der Waals surface area contributed by atoms with Gasteiger partial charge in [0.05, 0.1) is 23.6 Å². The molecule has 0 amide bonds. The molecule has 1 aromatic heterocycles. The molecule has 3 aromatic rings. The number of nitrogens with zero attached hydrogens (tertiary/aromatic N) is 2. The number of hydrogen-bond acceptors (Lipinski definition) is 2. The van der Waals surface area contributed by atoms with Crippen molar-refractivity contribution in [2.24, 2.45) is 5.73 Å². The van der Waals surface area contributed by atoms with E-state index in [1.54, 1.807) is 12.1 Å². The first-order valence-electron chi connectivity index (χ1n) is 7.56. The van der Waals surface area contributed by atoms with Crippen molar-refractivity contribution < 1.29 is 4.39 Å². The summed E-state index contributed by atoms with van der Waals surface area (Å²) < 4.78 is 16.0. The Hall–Kier alpha value is -2.20. The van der Waals surface area contributed by atoms with Crippen LogP contribution in [-0.4, -0.2) is 9.55 Å². The van der Waals surface area contributed by atoms with Gasteiger partial charge in [-0.3, -0.25) is 0 Å². The lowest BCUT2D eigenvalue weighted by Crippen LogP contribution is -2.16. The highest BCUT2D eigenvalue weighted by Gasteiger charge is 2.17. The average molecular weight is 297 g/mol. The maximum atomic E-state index is 14.0. The number of halogens is 1. The van der Waals surface area contributed by atoms with Crippen LogP contribution in [0.15, 0.2) is 42.5 Å². The van der Waals surface area contributed by atoms with Crippen molar-refractivity contribution in [3.8, 4) is 0 Å². The molecular formula is C18H20FN3. The van der Waals surface area contributed by atoms with Crippen LogP contribution < -0.4 is 5.73 Å². The number of benzene rings is 2. The molecule has 4 heteroatoms. The SMILES string of the molecule is CCC(N)c1nc2cc(C)ccc2n1Cc1ccccc1F. The van der Waals surface area contributed by atoms with Crippen LogP contribution in [0.1, 0.15) is 36.3 Å². The number of aromatic nitrogens is 2. The van der Waals surface area contributed by atoms with Crippen LogP contribution in [-0.2, 0) is 6.54 Å². The Kier molecular flexibility index (Phi) is 3.94. The molecule has 0 aliphatic rings. The number of rotatable bonds is 4. The van der Waals surface area contributed by atoms with Crippen LogP contribution in [0.3, 0.4) is 0 Å². The van der Waals surface area contributed by atoms with Crippen molar-refractivity contribution in [1.82, 2.24) is 9.55 Å². The van der Waals surface area contributed by atoms with E-state index in [0.717, 1.165) is 28.8 Å². The number of hydrogen-bond donors (Lipinski definition) is 1. The molecule has 3 rings (SSSR count). The molecule has 0 saturated carbocycles. The van der Waals surface area contributed by atoms with Crippen molar-refractivity contribution in [2.45, 2.75) is 32.9 Å². The molecule has 1 unspecified atom stereocenters. The van der Waals surface area contributed by atoms with Gasteiger partial charge in [-0.05, 0) is 37.1 Å². The van der Waals surface area contributed by atoms with Crippen LogP contribution in [0.2, 0.25) is 0 Å². The third-order valence-corrected chi connectivity index (χ3v) is 3.99. The van der Waals surface area contributed by atoms with E-state index in [1.807, 2.05) is 42.7 Å². The van der Waals surface area contributed by atoms with Crippen LogP contribution in [0.5, 0.6) is 0 Å². The van der Waals surface area contributed by atoms with Gasteiger partial charge in [0.1, 0.15) is 11.6 Å². The zero-order chi connectivity index (χ0) is 15.7. The quantitative estimate of drug-likeness (QED) is 0.792. The summed E-state index contributed by atoms with van der Waals surface area (Å²) in [6.07, 6.45) is 0.791. The van der Waals surface area contributed by atoms with Crippen molar-refractivity contribution >= 4 is 11.0 Å². The normalized spacial score (nSPS) is 12.7. The minimum Gasteiger partial charge on any atom is -0.322 e. The molecule has 0 aliphatic heterocycles. The van der Waals surface area contributed by atoms with E-state index in [9.17, 15) is 4.39 Å². The number of aryl methyl sites for hydroxylation is 1. The summed E-state index contributed by atoms with van der Waals surface area (Å²) >= 11 is 0. The van der Waals surface area contributed by atoms with E-state index in [0.29, 0.717) is 12.1 Å². The molecule has 22 heavy (non-hydrogen) atoms. The van der Waals surface area contributed by atoms with Gasteiger partial charge in [-0.15, -0.1) is 0 Å². The van der Waals surface area contributed by atoms with Crippen LogP contribution in [0, 0.1) is 12.7 Å². The van der Waals surface area contributed by atoms with Gasteiger partial charge in [-0.2, -0.15) is 0 Å². The molecule has 0 aliphatic carbocycles. The number of nitrogens with two attached hydrogens (primary N) is 1. The van der Waals surface area contributed by atoms with Gasteiger partial charge >= 0.3 is 0 Å². The van der Waals surface area contributed by atoms with E-state index in [-0.39, 0.29) is 11.9 Å². The molecule has 2 N–H and O–H groups in total. The highest BCUT2D eigenvalue weighted by molar-refractivity contribution is 5.77. The molecule has 0 saturated heterocycles. The topological polar surface area (TPSA) is 43.8 Å². The van der Waals surface area contributed by atoms with Gasteiger partial charge in [0.25, 0.3) is 0 Å². The van der Waals surface area contributed by atoms with E-state index >= 15 is 0 Å². The average Bonchev–Trinajstić information content (AvgIpc) is 2.86. The Labute approximate surface area is 129 Å². The molecule has 0 bridgehead atoms. The first-order chi connectivity index (χ1) is 10.6. The lowest BCUT2D eigenvalue weighted by atomic mass is 10.2. The Morgan fingerprint density at radius 3 is 2.73 bits per heavy atom. The van der Waals surface area contributed by atoms with Gasteiger partial charge in [0, 0.05) is 5.56 Å². The lowest BCUT2D eigenvalue weighted by molar-refractivity contribution is 0.576. The molecule has 0 spiro atoms. The Morgan fingerprint density at radius 2 is 2.00 bits per heavy atom. The minimum absolute atomic E-state index is 0.153. The Balaban J connectivity index is 2.15. The zero-order valence-corrected chi connectivity index (χ0v) is 12.9. The summed E-state index contributed by atoms with van der Waals surface area (Å²) in [5.74, 6) is 0.610. The summed E-state index contributed by atoms with van der Waals surface area (Å²) in [4.78, 5) is 4.69. The van der Waals surface area contributed by atoms with Crippen LogP contribution in [0.25, 0.3) is 11.0 Å². The van der Waals surface area contributed by atoms with Crippen molar-refractivity contribution in [3.05, 3.63) is 65.2 Å². The summed E-state index contributed by atoms with van der Waals surface area (Å²) in [6, 6.07) is 12.8. The van der Waals surface area contributed by atoms with E-state index in [1.165, 1.54) is 6.07 Å². The van der Waals surface area contributed by atoms with Crippen molar-refractivity contribution in [1.29, 1.82) is 0 Å². The minimum atomic E-state index is -0.201. The molecule has 0 radical (unpaired) electrons. The maximum absolute atomic E-state index is 14.0. The van der Waals surface area contributed by atoms with Gasteiger partial charge in [0.15, 0.2) is 0 Å². The lowest BCUT2D eigenvalue weighted by Gasteiger charge is -2.14. The molecule has 3 nitrogen and oxygen atoms in total. The fourth-order valence-electron chi connectivity index (χ4n) is 2.69. The second kappa shape index (κ2) is 5.89. The molecule has 114 valence electrons. The summed E-state index contributed by atoms with van der Waals surface area (Å²) in [5.41, 5.74) is 9.91. The third-order valence-electron chi connectivity index (χ3n) is 3.99. The molecule has 1 atom stereocenters. The van der Waals surface area contributed by atoms with Crippen LogP contribution >= 0.6 is 0 Å². The predicted molar refractivity (Wildman–Crippen MR) is 87.2 cm³/mol. The van der Waals surface area contributed by atoms with Crippen LogP contribution in [0.4, 0.5) is 4.39 Å². The van der Waals surface area contributed by atoms with Crippen molar-refractivity contribution in [2.75, 3.05) is 0 Å². The van der Waals surface area contributed by atoms with E-state index < -0.39 is 0 Å². The molecule has 0 fully saturated rings. The molecule has 1 heterocycles. The smallest absolute Gasteiger partial charge is 0.128 e. The first-order valence-corrected chi connectivity index (χ1v) is 7.56. The highest BCUT2D eigenvalue weighted by Crippen LogP contribution is 2.24. The fourth-order valence-corrected chi connectivity index (χ4v) is 2.69. The second-order valence-corrected chi connectivity index (χ2v) is 5.65. The Bertz CT molecular complexity index is 807. The van der Waals surface area contributed by atoms with Gasteiger partial charge < -0.3 is 10.3 Å². The third kappa shape index (κ3) is 2.62. The van der Waals surface area contributed by atoms with E-state index in [2.05, 4.69) is 4.98 Å². The molecule has 2 aromatic carbocycles. The Morgan fingerprint density at radius 1 is 1.23 bits per heavy atom. The van der Waals surface area contributed by atoms with Gasteiger partial charge in [-0.1, -0.05) is 31.2 Å². The summed E-state index contributed by atoms with van der Waals surface area (Å²) in [5, 5.41) is 0. The monoisotopic (exact) mass is 297 g/mol.